The molecule has 0 aliphatic rings. The van der Waals surface area contributed by atoms with Crippen LogP contribution in [0.2, 0.25) is 5.02 Å². The Balaban J connectivity index is 2.28. The van der Waals surface area contributed by atoms with Gasteiger partial charge in [-0.1, -0.05) is 11.6 Å². The molecule has 1 aromatic heterocycles. The molecule has 0 saturated heterocycles. The fourth-order valence-electron chi connectivity index (χ4n) is 1.47. The molecule has 0 atom stereocenters. The number of alkyl halides is 3. The lowest BCUT2D eigenvalue weighted by atomic mass is 10.2. The van der Waals surface area contributed by atoms with Crippen molar-refractivity contribution >= 4 is 50.5 Å². The first kappa shape index (κ1) is 15.3. The molecule has 2 aromatic rings. The number of nitrogens with one attached hydrogen (secondary N) is 1. The summed E-state index contributed by atoms with van der Waals surface area (Å²) in [4.78, 5) is 12.3. The van der Waals surface area contributed by atoms with Crippen LogP contribution in [-0.4, -0.2) is 5.91 Å². The molecule has 1 N–H and O–H groups in total. The molecule has 1 aromatic carbocycles. The molecule has 2 rings (SSSR count). The summed E-state index contributed by atoms with van der Waals surface area (Å²) in [5.41, 5.74) is -0.916. The summed E-state index contributed by atoms with van der Waals surface area (Å²) in [6.45, 7) is 0. The molecule has 8 heteroatoms. The van der Waals surface area contributed by atoms with E-state index in [0.717, 1.165) is 12.1 Å². The summed E-state index contributed by atoms with van der Waals surface area (Å²) in [6, 6.07) is 4.58. The molecule has 0 aliphatic heterocycles. The fraction of sp³-hybridized carbons (Fsp3) is 0.0833. The number of benzene rings is 1. The zero-order valence-electron chi connectivity index (χ0n) is 9.59. The average molecular weight is 385 g/mol. The number of amides is 1. The zero-order valence-corrected chi connectivity index (χ0v) is 12.8. The van der Waals surface area contributed by atoms with Crippen LogP contribution in [0.25, 0.3) is 0 Å². The van der Waals surface area contributed by atoms with Crippen LogP contribution in [-0.2, 0) is 6.18 Å². The summed E-state index contributed by atoms with van der Waals surface area (Å²) >= 11 is 10.00. The SMILES string of the molecule is O=C(Nc1cc(Cl)cc(C(F)(F)F)c1)c1sccc1Br. The maximum Gasteiger partial charge on any atom is 0.416 e. The minimum absolute atomic E-state index is 0.00451. The van der Waals surface area contributed by atoms with Crippen LogP contribution in [0, 0.1) is 0 Å². The van der Waals surface area contributed by atoms with Crippen molar-refractivity contribution in [1.82, 2.24) is 0 Å². The van der Waals surface area contributed by atoms with Gasteiger partial charge in [-0.2, -0.15) is 13.2 Å². The Morgan fingerprint density at radius 3 is 2.55 bits per heavy atom. The van der Waals surface area contributed by atoms with Gasteiger partial charge in [0.15, 0.2) is 0 Å². The summed E-state index contributed by atoms with van der Waals surface area (Å²) in [5.74, 6) is -0.498. The maximum absolute atomic E-state index is 12.6. The lowest BCUT2D eigenvalue weighted by Crippen LogP contribution is -2.12. The van der Waals surface area contributed by atoms with E-state index in [1.165, 1.54) is 17.4 Å². The van der Waals surface area contributed by atoms with Crippen molar-refractivity contribution < 1.29 is 18.0 Å². The lowest BCUT2D eigenvalue weighted by molar-refractivity contribution is -0.137. The van der Waals surface area contributed by atoms with Crippen molar-refractivity contribution in [3.8, 4) is 0 Å². The van der Waals surface area contributed by atoms with Crippen molar-refractivity contribution in [3.63, 3.8) is 0 Å². The topological polar surface area (TPSA) is 29.1 Å². The number of anilines is 1. The number of hydrogen-bond acceptors (Lipinski definition) is 2. The van der Waals surface area contributed by atoms with Crippen LogP contribution in [0.1, 0.15) is 15.2 Å². The Morgan fingerprint density at radius 2 is 2.00 bits per heavy atom. The van der Waals surface area contributed by atoms with E-state index < -0.39 is 17.6 Å². The molecule has 0 radical (unpaired) electrons. The van der Waals surface area contributed by atoms with Gasteiger partial charge >= 0.3 is 6.18 Å². The van der Waals surface area contributed by atoms with E-state index in [2.05, 4.69) is 21.2 Å². The van der Waals surface area contributed by atoms with Crippen molar-refractivity contribution in [2.75, 3.05) is 5.32 Å². The molecule has 1 amide bonds. The molecular weight excluding hydrogens is 379 g/mol. The van der Waals surface area contributed by atoms with Gasteiger partial charge in [-0.15, -0.1) is 11.3 Å². The molecule has 106 valence electrons. The van der Waals surface area contributed by atoms with Gasteiger partial charge in [0.05, 0.1) is 5.56 Å². The Bertz CT molecular complexity index is 656. The predicted octanol–water partition coefficient (Wildman–Crippen LogP) is 5.44. The molecule has 0 unspecified atom stereocenters. The van der Waals surface area contributed by atoms with E-state index >= 15 is 0 Å². The van der Waals surface area contributed by atoms with E-state index in [4.69, 9.17) is 11.6 Å². The van der Waals surface area contributed by atoms with Crippen molar-refractivity contribution in [3.05, 3.63) is 49.6 Å². The van der Waals surface area contributed by atoms with E-state index in [9.17, 15) is 18.0 Å². The van der Waals surface area contributed by atoms with Gasteiger partial charge in [0.1, 0.15) is 4.88 Å². The smallest absolute Gasteiger partial charge is 0.321 e. The van der Waals surface area contributed by atoms with Gasteiger partial charge in [-0.05, 0) is 45.6 Å². The summed E-state index contributed by atoms with van der Waals surface area (Å²) in [7, 11) is 0. The number of carbonyl (C=O) groups is 1. The Morgan fingerprint density at radius 1 is 1.30 bits per heavy atom. The quantitative estimate of drug-likeness (QED) is 0.734. The largest absolute Gasteiger partial charge is 0.416 e. The van der Waals surface area contributed by atoms with Crippen molar-refractivity contribution in [2.45, 2.75) is 6.18 Å². The third kappa shape index (κ3) is 3.53. The normalized spacial score (nSPS) is 11.4. The molecule has 0 aliphatic carbocycles. The van der Waals surface area contributed by atoms with Crippen molar-refractivity contribution in [2.24, 2.45) is 0 Å². The summed E-state index contributed by atoms with van der Waals surface area (Å²) < 4.78 is 38.5. The molecule has 1 heterocycles. The average Bonchev–Trinajstić information content (AvgIpc) is 2.73. The number of hydrogen-bond donors (Lipinski definition) is 1. The first-order chi connectivity index (χ1) is 9.27. The van der Waals surface area contributed by atoms with Gasteiger partial charge in [-0.3, -0.25) is 4.79 Å². The third-order valence-corrected chi connectivity index (χ3v) is 4.36. The minimum Gasteiger partial charge on any atom is -0.321 e. The second-order valence-corrected chi connectivity index (χ2v) is 5.99. The van der Waals surface area contributed by atoms with Crippen LogP contribution in [0.5, 0.6) is 0 Å². The van der Waals surface area contributed by atoms with Gasteiger partial charge in [0, 0.05) is 15.2 Å². The third-order valence-electron chi connectivity index (χ3n) is 2.31. The fourth-order valence-corrected chi connectivity index (χ4v) is 3.15. The van der Waals surface area contributed by atoms with Crippen LogP contribution in [0.3, 0.4) is 0 Å². The molecule has 0 fully saturated rings. The van der Waals surface area contributed by atoms with Gasteiger partial charge < -0.3 is 5.32 Å². The highest BCUT2D eigenvalue weighted by Crippen LogP contribution is 2.33. The molecule has 0 spiro atoms. The van der Waals surface area contributed by atoms with E-state index in [1.54, 1.807) is 11.4 Å². The standard InChI is InChI=1S/C12H6BrClF3NOS/c13-9-1-2-20-10(9)11(19)18-8-4-6(12(15,16)17)3-7(14)5-8/h1-5H,(H,18,19). The lowest BCUT2D eigenvalue weighted by Gasteiger charge is -2.10. The molecule has 0 saturated carbocycles. The monoisotopic (exact) mass is 383 g/mol. The van der Waals surface area contributed by atoms with Crippen molar-refractivity contribution in [1.29, 1.82) is 0 Å². The number of thiophene rings is 1. The zero-order chi connectivity index (χ0) is 14.9. The maximum atomic E-state index is 12.6. The Labute approximate surface area is 129 Å². The van der Waals surface area contributed by atoms with E-state index in [0.29, 0.717) is 9.35 Å². The van der Waals surface area contributed by atoms with E-state index in [-0.39, 0.29) is 10.7 Å². The van der Waals surface area contributed by atoms with Crippen LogP contribution in [0.15, 0.2) is 34.1 Å². The summed E-state index contributed by atoms with van der Waals surface area (Å²) in [5, 5.41) is 3.99. The second-order valence-electron chi connectivity index (χ2n) is 3.78. The highest BCUT2D eigenvalue weighted by atomic mass is 79.9. The second kappa shape index (κ2) is 5.75. The Kier molecular flexibility index (Phi) is 4.41. The summed E-state index contributed by atoms with van der Waals surface area (Å²) in [6.07, 6.45) is -4.52. The number of halogens is 5. The Hall–Kier alpha value is -1.05. The van der Waals surface area contributed by atoms with E-state index in [1.807, 2.05) is 0 Å². The highest BCUT2D eigenvalue weighted by molar-refractivity contribution is 9.10. The molecule has 0 bridgehead atoms. The first-order valence-corrected chi connectivity index (χ1v) is 7.24. The van der Waals surface area contributed by atoms with Gasteiger partial charge in [-0.25, -0.2) is 0 Å². The minimum atomic E-state index is -4.52. The first-order valence-electron chi connectivity index (χ1n) is 5.19. The van der Waals surface area contributed by atoms with Crippen LogP contribution < -0.4 is 5.32 Å². The van der Waals surface area contributed by atoms with Crippen LogP contribution in [0.4, 0.5) is 18.9 Å². The number of carbonyl (C=O) groups excluding carboxylic acids is 1. The number of rotatable bonds is 2. The molecular formula is C12H6BrClF3NOS. The molecule has 2 nitrogen and oxygen atoms in total. The van der Waals surface area contributed by atoms with Gasteiger partial charge in [0.2, 0.25) is 0 Å². The van der Waals surface area contributed by atoms with Gasteiger partial charge in [0.25, 0.3) is 5.91 Å². The highest BCUT2D eigenvalue weighted by Gasteiger charge is 2.31. The predicted molar refractivity (Wildman–Crippen MR) is 76.4 cm³/mol. The molecule has 20 heavy (non-hydrogen) atoms. The van der Waals surface area contributed by atoms with Crippen LogP contribution >= 0.6 is 38.9 Å².